The van der Waals surface area contributed by atoms with Gasteiger partial charge in [0.25, 0.3) is 5.92 Å². The van der Waals surface area contributed by atoms with Gasteiger partial charge >= 0.3 is 5.97 Å². The van der Waals surface area contributed by atoms with Crippen molar-refractivity contribution in [3.8, 4) is 0 Å². The lowest BCUT2D eigenvalue weighted by molar-refractivity contribution is -0.137. The lowest BCUT2D eigenvalue weighted by atomic mass is 10.0. The van der Waals surface area contributed by atoms with Crippen molar-refractivity contribution in [2.75, 3.05) is 5.43 Å². The summed E-state index contributed by atoms with van der Waals surface area (Å²) in [6.07, 6.45) is 1.70. The van der Waals surface area contributed by atoms with E-state index in [4.69, 9.17) is 5.11 Å². The van der Waals surface area contributed by atoms with Crippen LogP contribution in [-0.2, 0) is 24.2 Å². The maximum Gasteiger partial charge on any atom is 0.303 e. The first-order valence-corrected chi connectivity index (χ1v) is 9.34. The molecule has 1 aliphatic carbocycles. The van der Waals surface area contributed by atoms with Crippen LogP contribution in [0.3, 0.4) is 0 Å². The number of carboxylic acids is 1. The van der Waals surface area contributed by atoms with Crippen LogP contribution in [0, 0.1) is 0 Å². The summed E-state index contributed by atoms with van der Waals surface area (Å²) in [5.74, 6) is -3.55. The highest BCUT2D eigenvalue weighted by Crippen LogP contribution is 2.36. The highest BCUT2D eigenvalue weighted by molar-refractivity contribution is 7.13. The molecule has 140 valence electrons. The first kappa shape index (κ1) is 18.7. The summed E-state index contributed by atoms with van der Waals surface area (Å²) in [5.41, 5.74) is 5.44. The molecule has 0 saturated carbocycles. The lowest BCUT2D eigenvalue weighted by Gasteiger charge is -2.30. The Balaban J connectivity index is 1.80. The van der Waals surface area contributed by atoms with Crippen molar-refractivity contribution in [1.82, 2.24) is 9.99 Å². The summed E-state index contributed by atoms with van der Waals surface area (Å²) in [4.78, 5) is 15.1. The van der Waals surface area contributed by atoms with Gasteiger partial charge < -0.3 is 5.11 Å². The molecular formula is C18H21F2N3O2S. The van der Waals surface area contributed by atoms with E-state index in [0.717, 1.165) is 5.56 Å². The SMILES string of the molecule is CC(CCC(=O)O)N(Cc1cccc2c1CC(F)(F)C2)Nc1nccs1. The fourth-order valence-electron chi connectivity index (χ4n) is 3.21. The van der Waals surface area contributed by atoms with Crippen molar-refractivity contribution >= 4 is 22.4 Å². The fourth-order valence-corrected chi connectivity index (χ4v) is 3.75. The molecule has 0 saturated heterocycles. The number of rotatable bonds is 8. The van der Waals surface area contributed by atoms with Gasteiger partial charge in [-0.05, 0) is 30.0 Å². The second-order valence-electron chi connectivity index (χ2n) is 6.62. The minimum Gasteiger partial charge on any atom is -0.481 e. The number of halogens is 2. The summed E-state index contributed by atoms with van der Waals surface area (Å²) >= 11 is 1.43. The van der Waals surface area contributed by atoms with Gasteiger partial charge in [-0.25, -0.2) is 18.8 Å². The van der Waals surface area contributed by atoms with Crippen molar-refractivity contribution in [1.29, 1.82) is 0 Å². The van der Waals surface area contributed by atoms with Crippen LogP contribution < -0.4 is 5.43 Å². The molecule has 2 aromatic rings. The van der Waals surface area contributed by atoms with E-state index in [2.05, 4.69) is 10.4 Å². The predicted molar refractivity (Wildman–Crippen MR) is 96.4 cm³/mol. The monoisotopic (exact) mass is 381 g/mol. The smallest absolute Gasteiger partial charge is 0.303 e. The molecule has 0 radical (unpaired) electrons. The van der Waals surface area contributed by atoms with Crippen LogP contribution in [0.25, 0.3) is 0 Å². The standard InChI is InChI=1S/C18H21F2N3O2S/c1-12(5-6-16(24)25)23(22-17-21-7-8-26-17)11-14-4-2-3-13-9-18(19,20)10-15(13)14/h2-4,7-8,12H,5-6,9-11H2,1H3,(H,21,22)(H,24,25). The molecule has 2 N–H and O–H groups in total. The molecule has 8 heteroatoms. The van der Waals surface area contributed by atoms with Crippen molar-refractivity contribution in [2.45, 2.75) is 51.1 Å². The molecular weight excluding hydrogens is 360 g/mol. The van der Waals surface area contributed by atoms with Crippen molar-refractivity contribution in [3.63, 3.8) is 0 Å². The van der Waals surface area contributed by atoms with Crippen LogP contribution in [0.4, 0.5) is 13.9 Å². The third-order valence-electron chi connectivity index (χ3n) is 4.57. The zero-order valence-corrected chi connectivity index (χ0v) is 15.2. The highest BCUT2D eigenvalue weighted by atomic mass is 32.1. The van der Waals surface area contributed by atoms with Crippen molar-refractivity contribution in [2.24, 2.45) is 0 Å². The molecule has 0 aliphatic heterocycles. The maximum atomic E-state index is 13.8. The number of hydrogen-bond acceptors (Lipinski definition) is 5. The number of alkyl halides is 2. The number of carboxylic acid groups (broad SMARTS) is 1. The van der Waals surface area contributed by atoms with Gasteiger partial charge in [0.2, 0.25) is 0 Å². The summed E-state index contributed by atoms with van der Waals surface area (Å²) in [7, 11) is 0. The van der Waals surface area contributed by atoms with Gasteiger partial charge in [0.05, 0.1) is 0 Å². The number of aliphatic carboxylic acids is 1. The van der Waals surface area contributed by atoms with E-state index >= 15 is 0 Å². The Morgan fingerprint density at radius 1 is 1.46 bits per heavy atom. The number of nitrogens with one attached hydrogen (secondary N) is 1. The molecule has 0 spiro atoms. The molecule has 3 rings (SSSR count). The Morgan fingerprint density at radius 3 is 2.96 bits per heavy atom. The maximum absolute atomic E-state index is 13.8. The van der Waals surface area contributed by atoms with Crippen LogP contribution in [0.15, 0.2) is 29.8 Å². The topological polar surface area (TPSA) is 65.5 Å². The highest BCUT2D eigenvalue weighted by Gasteiger charge is 2.38. The number of aromatic nitrogens is 1. The van der Waals surface area contributed by atoms with E-state index in [1.807, 2.05) is 23.4 Å². The van der Waals surface area contributed by atoms with E-state index in [9.17, 15) is 13.6 Å². The number of hydrazine groups is 1. The number of anilines is 1. The van der Waals surface area contributed by atoms with E-state index in [-0.39, 0.29) is 25.3 Å². The van der Waals surface area contributed by atoms with Gasteiger partial charge in [-0.1, -0.05) is 18.2 Å². The average molecular weight is 381 g/mol. The van der Waals surface area contributed by atoms with Gasteiger partial charge in [-0.2, -0.15) is 0 Å². The Labute approximate surface area is 154 Å². The van der Waals surface area contributed by atoms with Crippen LogP contribution in [0.2, 0.25) is 0 Å². The minimum absolute atomic E-state index is 0.0438. The third-order valence-corrected chi connectivity index (χ3v) is 5.25. The molecule has 1 atom stereocenters. The zero-order valence-electron chi connectivity index (χ0n) is 14.4. The average Bonchev–Trinajstić information content (AvgIpc) is 3.18. The van der Waals surface area contributed by atoms with Crippen LogP contribution in [-0.4, -0.2) is 33.0 Å². The second kappa shape index (κ2) is 7.67. The van der Waals surface area contributed by atoms with Crippen molar-refractivity contribution < 1.29 is 18.7 Å². The summed E-state index contributed by atoms with van der Waals surface area (Å²) < 4.78 is 27.6. The minimum atomic E-state index is -2.69. The third kappa shape index (κ3) is 4.56. The largest absolute Gasteiger partial charge is 0.481 e. The summed E-state index contributed by atoms with van der Waals surface area (Å²) in [6, 6.07) is 5.32. The second-order valence-corrected chi connectivity index (χ2v) is 7.52. The summed E-state index contributed by atoms with van der Waals surface area (Å²) in [5, 5.41) is 13.3. The normalized spacial score (nSPS) is 16.5. The molecule has 1 unspecified atom stereocenters. The number of thiazole rings is 1. The predicted octanol–water partition coefficient (Wildman–Crippen LogP) is 3.96. The van der Waals surface area contributed by atoms with E-state index in [0.29, 0.717) is 29.2 Å². The lowest BCUT2D eigenvalue weighted by Crippen LogP contribution is -2.38. The fraction of sp³-hybridized carbons (Fsp3) is 0.444. The molecule has 1 aromatic carbocycles. The Kier molecular flexibility index (Phi) is 5.52. The molecule has 1 aromatic heterocycles. The summed E-state index contributed by atoms with van der Waals surface area (Å²) in [6.45, 7) is 2.32. The molecule has 5 nitrogen and oxygen atoms in total. The van der Waals surface area contributed by atoms with E-state index in [1.54, 1.807) is 18.3 Å². The first-order chi connectivity index (χ1) is 12.3. The molecule has 0 bridgehead atoms. The number of hydrogen-bond donors (Lipinski definition) is 2. The van der Waals surface area contributed by atoms with Gasteiger partial charge in [-0.15, -0.1) is 11.3 Å². The quantitative estimate of drug-likeness (QED) is 0.678. The molecule has 1 heterocycles. The Bertz CT molecular complexity index is 768. The number of nitrogens with zero attached hydrogens (tertiary/aromatic N) is 2. The van der Waals surface area contributed by atoms with Gasteiger partial charge in [0.1, 0.15) is 0 Å². The Hall–Kier alpha value is -2.06. The molecule has 1 aliphatic rings. The zero-order chi connectivity index (χ0) is 18.7. The van der Waals surface area contributed by atoms with Crippen LogP contribution in [0.5, 0.6) is 0 Å². The van der Waals surface area contributed by atoms with Gasteiger partial charge in [0, 0.05) is 43.4 Å². The van der Waals surface area contributed by atoms with Gasteiger partial charge in [-0.3, -0.25) is 10.2 Å². The Morgan fingerprint density at radius 2 is 2.27 bits per heavy atom. The number of fused-ring (bicyclic) bond motifs is 1. The van der Waals surface area contributed by atoms with Crippen LogP contribution in [0.1, 0.15) is 36.5 Å². The van der Waals surface area contributed by atoms with E-state index < -0.39 is 11.9 Å². The van der Waals surface area contributed by atoms with Crippen molar-refractivity contribution in [3.05, 3.63) is 46.5 Å². The van der Waals surface area contributed by atoms with E-state index in [1.165, 1.54) is 11.3 Å². The number of benzene rings is 1. The number of carbonyl (C=O) groups is 1. The molecule has 0 amide bonds. The van der Waals surface area contributed by atoms with Crippen LogP contribution >= 0.6 is 11.3 Å². The molecule has 0 fully saturated rings. The molecule has 26 heavy (non-hydrogen) atoms. The van der Waals surface area contributed by atoms with Gasteiger partial charge in [0.15, 0.2) is 5.13 Å². The first-order valence-electron chi connectivity index (χ1n) is 8.46.